The van der Waals surface area contributed by atoms with Crippen molar-refractivity contribution in [3.8, 4) is 10.6 Å². The van der Waals surface area contributed by atoms with E-state index in [-0.39, 0.29) is 0 Å². The molecule has 2 rings (SSSR count). The minimum atomic E-state index is 0.845. The first kappa shape index (κ1) is 10.1. The summed E-state index contributed by atoms with van der Waals surface area (Å²) in [5, 5.41) is 13.5. The fourth-order valence-corrected chi connectivity index (χ4v) is 1.93. The van der Waals surface area contributed by atoms with Crippen LogP contribution in [0.1, 0.15) is 13.3 Å². The average molecular weight is 219 g/mol. The molecule has 3 nitrogen and oxygen atoms in total. The van der Waals surface area contributed by atoms with Crippen molar-refractivity contribution in [2.24, 2.45) is 0 Å². The van der Waals surface area contributed by atoms with Crippen LogP contribution >= 0.6 is 11.3 Å². The quantitative estimate of drug-likeness (QED) is 0.859. The predicted molar refractivity (Wildman–Crippen MR) is 64.1 cm³/mol. The molecule has 15 heavy (non-hydrogen) atoms. The number of aromatic nitrogens is 2. The molecule has 0 saturated carbocycles. The number of thiophene rings is 1. The summed E-state index contributed by atoms with van der Waals surface area (Å²) >= 11 is 1.68. The Hall–Kier alpha value is -1.42. The van der Waals surface area contributed by atoms with Gasteiger partial charge in [-0.05, 0) is 30.0 Å². The highest BCUT2D eigenvalue weighted by atomic mass is 32.1. The van der Waals surface area contributed by atoms with E-state index in [1.165, 1.54) is 0 Å². The zero-order valence-electron chi connectivity index (χ0n) is 8.60. The van der Waals surface area contributed by atoms with Gasteiger partial charge in [-0.15, -0.1) is 21.5 Å². The fraction of sp³-hybridized carbons (Fsp3) is 0.273. The molecule has 0 aliphatic carbocycles. The Kier molecular flexibility index (Phi) is 3.29. The Morgan fingerprint density at radius 1 is 1.27 bits per heavy atom. The van der Waals surface area contributed by atoms with Gasteiger partial charge in [0.1, 0.15) is 11.5 Å². The summed E-state index contributed by atoms with van der Waals surface area (Å²) < 4.78 is 0. The van der Waals surface area contributed by atoms with Crippen LogP contribution < -0.4 is 5.32 Å². The van der Waals surface area contributed by atoms with Crippen molar-refractivity contribution in [2.75, 3.05) is 11.9 Å². The molecule has 0 aromatic carbocycles. The maximum atomic E-state index is 4.17. The molecule has 0 amide bonds. The second kappa shape index (κ2) is 4.89. The first-order valence-electron chi connectivity index (χ1n) is 5.01. The van der Waals surface area contributed by atoms with Crippen molar-refractivity contribution < 1.29 is 0 Å². The van der Waals surface area contributed by atoms with Gasteiger partial charge in [-0.25, -0.2) is 0 Å². The van der Waals surface area contributed by atoms with Gasteiger partial charge < -0.3 is 5.32 Å². The monoisotopic (exact) mass is 219 g/mol. The molecule has 0 unspecified atom stereocenters. The first-order chi connectivity index (χ1) is 7.40. The fourth-order valence-electron chi connectivity index (χ4n) is 1.24. The molecule has 4 heteroatoms. The molecule has 0 spiro atoms. The van der Waals surface area contributed by atoms with E-state index < -0.39 is 0 Å². The van der Waals surface area contributed by atoms with E-state index in [1.54, 1.807) is 11.3 Å². The normalized spacial score (nSPS) is 10.2. The van der Waals surface area contributed by atoms with Crippen LogP contribution in [0.25, 0.3) is 10.6 Å². The van der Waals surface area contributed by atoms with E-state index in [2.05, 4.69) is 22.4 Å². The molecule has 0 bridgehead atoms. The van der Waals surface area contributed by atoms with Gasteiger partial charge in [0.05, 0.1) is 4.88 Å². The standard InChI is InChI=1S/C11H13N3S/c1-2-7-12-11-6-5-9(13-14-11)10-4-3-8-15-10/h3-6,8H,2,7H2,1H3,(H,12,14). The molecular formula is C11H13N3S. The molecule has 0 aliphatic rings. The van der Waals surface area contributed by atoms with Gasteiger partial charge in [0.25, 0.3) is 0 Å². The number of hydrogen-bond donors (Lipinski definition) is 1. The third kappa shape index (κ3) is 2.53. The molecule has 78 valence electrons. The van der Waals surface area contributed by atoms with Gasteiger partial charge in [0.2, 0.25) is 0 Å². The number of hydrogen-bond acceptors (Lipinski definition) is 4. The van der Waals surface area contributed by atoms with E-state index in [4.69, 9.17) is 0 Å². The van der Waals surface area contributed by atoms with Crippen LogP contribution in [-0.4, -0.2) is 16.7 Å². The van der Waals surface area contributed by atoms with Crippen molar-refractivity contribution >= 4 is 17.2 Å². The lowest BCUT2D eigenvalue weighted by atomic mass is 10.3. The van der Waals surface area contributed by atoms with Crippen molar-refractivity contribution in [2.45, 2.75) is 13.3 Å². The second-order valence-corrected chi connectivity index (χ2v) is 4.16. The van der Waals surface area contributed by atoms with E-state index in [9.17, 15) is 0 Å². The SMILES string of the molecule is CCCNc1ccc(-c2cccs2)nn1. The van der Waals surface area contributed by atoms with Crippen molar-refractivity contribution in [1.29, 1.82) is 0 Å². The molecular weight excluding hydrogens is 206 g/mol. The topological polar surface area (TPSA) is 37.8 Å². The van der Waals surface area contributed by atoms with Crippen molar-refractivity contribution in [1.82, 2.24) is 10.2 Å². The molecule has 0 aliphatic heterocycles. The Labute approximate surface area is 93.2 Å². The molecule has 0 atom stereocenters. The highest BCUT2D eigenvalue weighted by Gasteiger charge is 2.00. The van der Waals surface area contributed by atoms with Crippen molar-refractivity contribution in [3.63, 3.8) is 0 Å². The predicted octanol–water partition coefficient (Wildman–Crippen LogP) is 3.03. The third-order valence-corrected chi connectivity index (χ3v) is 2.89. The minimum absolute atomic E-state index is 0.845. The second-order valence-electron chi connectivity index (χ2n) is 3.21. The van der Waals surface area contributed by atoms with E-state index in [0.717, 1.165) is 29.4 Å². The Morgan fingerprint density at radius 2 is 2.20 bits per heavy atom. The first-order valence-corrected chi connectivity index (χ1v) is 5.89. The molecule has 0 fully saturated rings. The summed E-state index contributed by atoms with van der Waals surface area (Å²) in [6.45, 7) is 3.06. The average Bonchev–Trinajstić information content (AvgIpc) is 2.80. The molecule has 1 N–H and O–H groups in total. The summed E-state index contributed by atoms with van der Waals surface area (Å²) in [7, 11) is 0. The Balaban J connectivity index is 2.11. The van der Waals surface area contributed by atoms with Gasteiger partial charge in [-0.3, -0.25) is 0 Å². The lowest BCUT2D eigenvalue weighted by Gasteiger charge is -2.02. The molecule has 2 aromatic rings. The maximum Gasteiger partial charge on any atom is 0.148 e. The van der Waals surface area contributed by atoms with Crippen LogP contribution in [0.3, 0.4) is 0 Å². The van der Waals surface area contributed by atoms with E-state index >= 15 is 0 Å². The number of nitrogens with zero attached hydrogens (tertiary/aromatic N) is 2. The zero-order chi connectivity index (χ0) is 10.5. The molecule has 0 saturated heterocycles. The van der Waals surface area contributed by atoms with Gasteiger partial charge >= 0.3 is 0 Å². The lowest BCUT2D eigenvalue weighted by molar-refractivity contribution is 0.946. The van der Waals surface area contributed by atoms with Crippen LogP contribution in [0, 0.1) is 0 Å². The number of anilines is 1. The Morgan fingerprint density at radius 3 is 2.80 bits per heavy atom. The van der Waals surface area contributed by atoms with Gasteiger partial charge in [0, 0.05) is 6.54 Å². The summed E-state index contributed by atoms with van der Waals surface area (Å²) in [6, 6.07) is 8.04. The highest BCUT2D eigenvalue weighted by molar-refractivity contribution is 7.13. The zero-order valence-corrected chi connectivity index (χ0v) is 9.42. The molecule has 0 radical (unpaired) electrons. The van der Waals surface area contributed by atoms with Crippen LogP contribution in [0.15, 0.2) is 29.6 Å². The summed E-state index contributed by atoms with van der Waals surface area (Å²) in [6.07, 6.45) is 1.09. The van der Waals surface area contributed by atoms with Crippen LogP contribution in [0.2, 0.25) is 0 Å². The van der Waals surface area contributed by atoms with Gasteiger partial charge in [0.15, 0.2) is 0 Å². The van der Waals surface area contributed by atoms with Crippen LogP contribution in [0.5, 0.6) is 0 Å². The Bertz CT molecular complexity index is 394. The number of nitrogens with one attached hydrogen (secondary N) is 1. The van der Waals surface area contributed by atoms with E-state index in [0.29, 0.717) is 0 Å². The summed E-state index contributed by atoms with van der Waals surface area (Å²) in [4.78, 5) is 1.16. The van der Waals surface area contributed by atoms with Crippen LogP contribution in [-0.2, 0) is 0 Å². The van der Waals surface area contributed by atoms with Crippen molar-refractivity contribution in [3.05, 3.63) is 29.6 Å². The van der Waals surface area contributed by atoms with Crippen LogP contribution in [0.4, 0.5) is 5.82 Å². The smallest absolute Gasteiger partial charge is 0.148 e. The largest absolute Gasteiger partial charge is 0.369 e. The highest BCUT2D eigenvalue weighted by Crippen LogP contribution is 2.22. The third-order valence-electron chi connectivity index (χ3n) is 1.99. The molecule has 2 aromatic heterocycles. The van der Waals surface area contributed by atoms with Gasteiger partial charge in [-0.1, -0.05) is 13.0 Å². The molecule has 2 heterocycles. The number of rotatable bonds is 4. The summed E-state index contributed by atoms with van der Waals surface area (Å²) in [5.41, 5.74) is 0.937. The maximum absolute atomic E-state index is 4.17. The summed E-state index contributed by atoms with van der Waals surface area (Å²) in [5.74, 6) is 0.845. The minimum Gasteiger partial charge on any atom is -0.369 e. The lowest BCUT2D eigenvalue weighted by Crippen LogP contribution is -2.02. The van der Waals surface area contributed by atoms with E-state index in [1.807, 2.05) is 29.6 Å². The van der Waals surface area contributed by atoms with Gasteiger partial charge in [-0.2, -0.15) is 0 Å².